The van der Waals surface area contributed by atoms with Gasteiger partial charge in [-0.25, -0.2) is 0 Å². The average Bonchev–Trinajstić information content (AvgIpc) is 2.36. The van der Waals surface area contributed by atoms with E-state index in [1.54, 1.807) is 0 Å². The first-order valence-electron chi connectivity index (χ1n) is 3.27. The Hall–Kier alpha value is -0.510. The maximum Gasteiger partial charge on any atom is 0.0661 e. The maximum atomic E-state index is 8.46. The summed E-state index contributed by atoms with van der Waals surface area (Å²) < 4.78 is 0. The van der Waals surface area contributed by atoms with Gasteiger partial charge in [0.05, 0.1) is 12.0 Å². The highest BCUT2D eigenvalue weighted by atomic mass is 14.6. The Bertz CT molecular complexity index is 150. The van der Waals surface area contributed by atoms with Crippen LogP contribution >= 0.6 is 0 Å². The molecule has 2 saturated carbocycles. The molecular formula is C7H9N. The molecule has 8 heavy (non-hydrogen) atoms. The van der Waals surface area contributed by atoms with E-state index in [0.717, 1.165) is 0 Å². The molecule has 0 amide bonds. The van der Waals surface area contributed by atoms with Crippen LogP contribution < -0.4 is 0 Å². The molecule has 0 N–H and O–H groups in total. The predicted octanol–water partition coefficient (Wildman–Crippen LogP) is 1.70. The van der Waals surface area contributed by atoms with E-state index in [-0.39, 0.29) is 0 Å². The molecule has 0 aromatic carbocycles. The number of hydrogen-bond donors (Lipinski definition) is 0. The standard InChI is InChI=1S/C7H9N/c8-5-6-4-7(6)2-1-3-7/h6H,1-4H2. The summed E-state index contributed by atoms with van der Waals surface area (Å²) >= 11 is 0. The summed E-state index contributed by atoms with van der Waals surface area (Å²) in [5, 5.41) is 8.46. The largest absolute Gasteiger partial charge is 0.198 e. The Morgan fingerprint density at radius 3 is 2.38 bits per heavy atom. The van der Waals surface area contributed by atoms with E-state index in [1.807, 2.05) is 0 Å². The van der Waals surface area contributed by atoms with Crippen LogP contribution in [0.1, 0.15) is 25.7 Å². The highest BCUT2D eigenvalue weighted by molar-refractivity contribution is 5.15. The predicted molar refractivity (Wildman–Crippen MR) is 30.0 cm³/mol. The van der Waals surface area contributed by atoms with Crippen LogP contribution in [0.25, 0.3) is 0 Å². The summed E-state index contributed by atoms with van der Waals surface area (Å²) in [6.07, 6.45) is 5.26. The lowest BCUT2D eigenvalue weighted by Crippen LogP contribution is -2.13. The fraction of sp³-hybridized carbons (Fsp3) is 0.857. The summed E-state index contributed by atoms with van der Waals surface area (Å²) in [4.78, 5) is 0. The zero-order chi connectivity index (χ0) is 5.61. The zero-order valence-electron chi connectivity index (χ0n) is 4.85. The van der Waals surface area contributed by atoms with Crippen molar-refractivity contribution in [3.8, 4) is 6.07 Å². The fourth-order valence-electron chi connectivity index (χ4n) is 1.71. The van der Waals surface area contributed by atoms with Crippen molar-refractivity contribution in [3.63, 3.8) is 0 Å². The lowest BCUT2D eigenvalue weighted by atomic mass is 9.80. The SMILES string of the molecule is N#CC1CC12CCC2. The maximum absolute atomic E-state index is 8.46. The second-order valence-electron chi connectivity index (χ2n) is 3.10. The Labute approximate surface area is 49.3 Å². The van der Waals surface area contributed by atoms with Gasteiger partial charge in [0.2, 0.25) is 0 Å². The van der Waals surface area contributed by atoms with Gasteiger partial charge in [0, 0.05) is 0 Å². The minimum atomic E-state index is 0.455. The van der Waals surface area contributed by atoms with Crippen LogP contribution in [0.2, 0.25) is 0 Å². The zero-order valence-corrected chi connectivity index (χ0v) is 4.85. The second-order valence-corrected chi connectivity index (χ2v) is 3.10. The van der Waals surface area contributed by atoms with Gasteiger partial charge in [0.1, 0.15) is 0 Å². The van der Waals surface area contributed by atoms with E-state index >= 15 is 0 Å². The van der Waals surface area contributed by atoms with Gasteiger partial charge in [-0.3, -0.25) is 0 Å². The molecule has 1 heteroatoms. The lowest BCUT2D eigenvalue weighted by molar-refractivity contribution is 0.273. The molecule has 0 saturated heterocycles. The number of nitrogens with zero attached hydrogens (tertiary/aromatic N) is 1. The second kappa shape index (κ2) is 1.07. The van der Waals surface area contributed by atoms with Crippen LogP contribution in [0.15, 0.2) is 0 Å². The molecule has 0 aromatic heterocycles. The first kappa shape index (κ1) is 4.38. The van der Waals surface area contributed by atoms with Crippen LogP contribution in [0.3, 0.4) is 0 Å². The molecule has 2 fully saturated rings. The van der Waals surface area contributed by atoms with Gasteiger partial charge in [0.25, 0.3) is 0 Å². The quantitative estimate of drug-likeness (QED) is 0.462. The molecule has 1 unspecified atom stereocenters. The minimum Gasteiger partial charge on any atom is -0.198 e. The smallest absolute Gasteiger partial charge is 0.0661 e. The van der Waals surface area contributed by atoms with Crippen LogP contribution in [-0.4, -0.2) is 0 Å². The summed E-state index contributed by atoms with van der Waals surface area (Å²) in [7, 11) is 0. The van der Waals surface area contributed by atoms with Crippen molar-refractivity contribution >= 4 is 0 Å². The molecule has 0 aliphatic heterocycles. The summed E-state index contributed by atoms with van der Waals surface area (Å²) in [6, 6.07) is 2.33. The molecule has 2 aliphatic rings. The molecule has 2 rings (SSSR count). The van der Waals surface area contributed by atoms with E-state index < -0.39 is 0 Å². The van der Waals surface area contributed by atoms with E-state index in [1.165, 1.54) is 25.7 Å². The molecule has 0 heterocycles. The van der Waals surface area contributed by atoms with Gasteiger partial charge in [-0.1, -0.05) is 6.42 Å². The Balaban J connectivity index is 2.05. The number of nitriles is 1. The van der Waals surface area contributed by atoms with E-state index in [4.69, 9.17) is 5.26 Å². The molecule has 1 atom stereocenters. The highest BCUT2D eigenvalue weighted by Crippen LogP contribution is 2.65. The van der Waals surface area contributed by atoms with Crippen molar-refractivity contribution in [2.45, 2.75) is 25.7 Å². The van der Waals surface area contributed by atoms with Gasteiger partial charge in [-0.15, -0.1) is 0 Å². The van der Waals surface area contributed by atoms with Crippen LogP contribution in [0, 0.1) is 22.7 Å². The highest BCUT2D eigenvalue weighted by Gasteiger charge is 2.57. The van der Waals surface area contributed by atoms with Crippen molar-refractivity contribution < 1.29 is 0 Å². The topological polar surface area (TPSA) is 23.8 Å². The summed E-state index contributed by atoms with van der Waals surface area (Å²) in [5.41, 5.74) is 0.578. The molecule has 1 nitrogen and oxygen atoms in total. The first-order chi connectivity index (χ1) is 3.87. The third kappa shape index (κ3) is 0.324. The third-order valence-corrected chi connectivity index (χ3v) is 2.69. The Morgan fingerprint density at radius 1 is 1.50 bits per heavy atom. The molecular weight excluding hydrogens is 98.1 g/mol. The van der Waals surface area contributed by atoms with Crippen molar-refractivity contribution in [3.05, 3.63) is 0 Å². The monoisotopic (exact) mass is 107 g/mol. The normalized spacial score (nSPS) is 38.1. The number of hydrogen-bond acceptors (Lipinski definition) is 1. The Kier molecular flexibility index (Phi) is 0.588. The first-order valence-corrected chi connectivity index (χ1v) is 3.27. The van der Waals surface area contributed by atoms with Gasteiger partial charge >= 0.3 is 0 Å². The minimum absolute atomic E-state index is 0.455. The van der Waals surface area contributed by atoms with E-state index in [9.17, 15) is 0 Å². The summed E-state index contributed by atoms with van der Waals surface area (Å²) in [6.45, 7) is 0. The molecule has 0 radical (unpaired) electrons. The van der Waals surface area contributed by atoms with E-state index in [0.29, 0.717) is 11.3 Å². The van der Waals surface area contributed by atoms with Gasteiger partial charge in [-0.2, -0.15) is 5.26 Å². The molecule has 0 bridgehead atoms. The van der Waals surface area contributed by atoms with E-state index in [2.05, 4.69) is 6.07 Å². The fourth-order valence-corrected chi connectivity index (χ4v) is 1.71. The molecule has 1 spiro atoms. The van der Waals surface area contributed by atoms with Crippen LogP contribution in [-0.2, 0) is 0 Å². The van der Waals surface area contributed by atoms with Gasteiger partial charge in [0.15, 0.2) is 0 Å². The molecule has 0 aromatic rings. The van der Waals surface area contributed by atoms with Crippen molar-refractivity contribution in [2.75, 3.05) is 0 Å². The molecule has 2 aliphatic carbocycles. The lowest BCUT2D eigenvalue weighted by Gasteiger charge is -2.24. The van der Waals surface area contributed by atoms with Crippen molar-refractivity contribution in [1.29, 1.82) is 5.26 Å². The van der Waals surface area contributed by atoms with Crippen molar-refractivity contribution in [1.82, 2.24) is 0 Å². The molecule has 42 valence electrons. The third-order valence-electron chi connectivity index (χ3n) is 2.69. The van der Waals surface area contributed by atoms with Gasteiger partial charge < -0.3 is 0 Å². The average molecular weight is 107 g/mol. The Morgan fingerprint density at radius 2 is 2.25 bits per heavy atom. The van der Waals surface area contributed by atoms with Gasteiger partial charge in [-0.05, 0) is 24.7 Å². The number of rotatable bonds is 0. The van der Waals surface area contributed by atoms with Crippen LogP contribution in [0.4, 0.5) is 0 Å². The van der Waals surface area contributed by atoms with Crippen LogP contribution in [0.5, 0.6) is 0 Å². The van der Waals surface area contributed by atoms with Crippen molar-refractivity contribution in [2.24, 2.45) is 11.3 Å². The summed E-state index contributed by atoms with van der Waals surface area (Å²) in [5.74, 6) is 0.455.